The molecular formula is C21H17NOS. The van der Waals surface area contributed by atoms with Gasteiger partial charge in [0.25, 0.3) is 0 Å². The summed E-state index contributed by atoms with van der Waals surface area (Å²) in [6, 6.07) is 30.4. The topological polar surface area (TPSA) is 20.3 Å². The Labute approximate surface area is 146 Å². The zero-order chi connectivity index (χ0) is 16.4. The van der Waals surface area contributed by atoms with Crippen LogP contribution >= 0.6 is 11.8 Å². The van der Waals surface area contributed by atoms with Crippen LogP contribution in [0.15, 0.2) is 95.9 Å². The van der Waals surface area contributed by atoms with E-state index in [9.17, 15) is 4.79 Å². The highest BCUT2D eigenvalue weighted by molar-refractivity contribution is 8.00. The van der Waals surface area contributed by atoms with Crippen LogP contribution in [0.3, 0.4) is 0 Å². The lowest BCUT2D eigenvalue weighted by atomic mass is 9.92. The molecule has 3 aromatic rings. The van der Waals surface area contributed by atoms with E-state index >= 15 is 0 Å². The summed E-state index contributed by atoms with van der Waals surface area (Å²) >= 11 is 1.65. The van der Waals surface area contributed by atoms with Gasteiger partial charge >= 0.3 is 0 Å². The Hall–Kier alpha value is -2.52. The molecule has 1 saturated heterocycles. The molecule has 0 spiro atoms. The lowest BCUT2D eigenvalue weighted by molar-refractivity contribution is -0.123. The van der Waals surface area contributed by atoms with Crippen LogP contribution in [0.1, 0.15) is 11.6 Å². The van der Waals surface area contributed by atoms with Gasteiger partial charge in [0, 0.05) is 10.6 Å². The Morgan fingerprint density at radius 2 is 1.25 bits per heavy atom. The molecule has 1 aliphatic rings. The van der Waals surface area contributed by atoms with E-state index in [-0.39, 0.29) is 17.2 Å². The van der Waals surface area contributed by atoms with E-state index in [1.165, 1.54) is 5.56 Å². The molecule has 0 saturated carbocycles. The standard InChI is InChI=1S/C21H17NOS/c23-21-20(24-18-14-8-3-9-15-18)19(16-10-4-1-5-11-16)22(21)17-12-6-2-7-13-17/h1-15,19-20H/t19-,20-/m0/s1. The van der Waals surface area contributed by atoms with Crippen molar-refractivity contribution >= 4 is 23.4 Å². The van der Waals surface area contributed by atoms with E-state index in [1.807, 2.05) is 71.6 Å². The molecule has 1 fully saturated rings. The number of β-lactam (4-membered cyclic amide) rings is 1. The number of hydrogen-bond acceptors (Lipinski definition) is 2. The number of anilines is 1. The van der Waals surface area contributed by atoms with E-state index in [0.717, 1.165) is 10.6 Å². The normalized spacial score (nSPS) is 19.8. The van der Waals surface area contributed by atoms with Crippen molar-refractivity contribution in [3.63, 3.8) is 0 Å². The summed E-state index contributed by atoms with van der Waals surface area (Å²) in [5, 5.41) is -0.0880. The summed E-state index contributed by atoms with van der Waals surface area (Å²) in [7, 11) is 0. The number of carbonyl (C=O) groups is 1. The van der Waals surface area contributed by atoms with Gasteiger partial charge in [0.05, 0.1) is 6.04 Å². The fraction of sp³-hybridized carbons (Fsp3) is 0.0952. The van der Waals surface area contributed by atoms with E-state index < -0.39 is 0 Å². The van der Waals surface area contributed by atoms with Crippen LogP contribution in [-0.2, 0) is 4.79 Å². The van der Waals surface area contributed by atoms with Gasteiger partial charge in [-0.15, -0.1) is 11.8 Å². The lowest BCUT2D eigenvalue weighted by Gasteiger charge is -2.47. The Bertz CT molecular complexity index is 820. The first kappa shape index (κ1) is 15.0. The van der Waals surface area contributed by atoms with E-state index in [4.69, 9.17) is 0 Å². The van der Waals surface area contributed by atoms with Gasteiger partial charge in [0.15, 0.2) is 0 Å². The Morgan fingerprint density at radius 1 is 0.708 bits per heavy atom. The average Bonchev–Trinajstić information content (AvgIpc) is 2.66. The molecule has 2 atom stereocenters. The van der Waals surface area contributed by atoms with Crippen molar-refractivity contribution < 1.29 is 4.79 Å². The molecule has 1 aliphatic heterocycles. The molecule has 118 valence electrons. The molecule has 3 aromatic carbocycles. The average molecular weight is 331 g/mol. The maximum atomic E-state index is 12.9. The number of nitrogens with zero attached hydrogens (tertiary/aromatic N) is 1. The highest BCUT2D eigenvalue weighted by Crippen LogP contribution is 2.47. The minimum Gasteiger partial charge on any atom is -0.302 e. The second-order valence-electron chi connectivity index (χ2n) is 5.75. The summed E-state index contributed by atoms with van der Waals surface area (Å²) < 4.78 is 0. The van der Waals surface area contributed by atoms with Crippen LogP contribution in [0, 0.1) is 0 Å². The third-order valence-corrected chi connectivity index (χ3v) is 5.49. The highest BCUT2D eigenvalue weighted by atomic mass is 32.2. The molecule has 1 heterocycles. The molecule has 4 rings (SSSR count). The van der Waals surface area contributed by atoms with Crippen LogP contribution in [-0.4, -0.2) is 11.2 Å². The van der Waals surface area contributed by atoms with Gasteiger partial charge < -0.3 is 4.90 Å². The molecular weight excluding hydrogens is 314 g/mol. The largest absolute Gasteiger partial charge is 0.302 e. The van der Waals surface area contributed by atoms with Crippen LogP contribution < -0.4 is 4.90 Å². The van der Waals surface area contributed by atoms with Gasteiger partial charge in [-0.05, 0) is 29.8 Å². The maximum Gasteiger partial charge on any atom is 0.243 e. The summed E-state index contributed by atoms with van der Waals surface area (Å²) in [5.74, 6) is 0.170. The molecule has 2 nitrogen and oxygen atoms in total. The molecule has 24 heavy (non-hydrogen) atoms. The number of rotatable bonds is 4. The molecule has 0 unspecified atom stereocenters. The molecule has 1 amide bonds. The van der Waals surface area contributed by atoms with E-state index in [2.05, 4.69) is 24.3 Å². The fourth-order valence-electron chi connectivity index (χ4n) is 3.07. The third-order valence-electron chi connectivity index (χ3n) is 4.23. The second kappa shape index (κ2) is 6.54. The minimum atomic E-state index is -0.0880. The summed E-state index contributed by atoms with van der Waals surface area (Å²) in [4.78, 5) is 15.9. The van der Waals surface area contributed by atoms with Crippen molar-refractivity contribution in [2.75, 3.05) is 4.90 Å². The van der Waals surface area contributed by atoms with Crippen LogP contribution in [0.25, 0.3) is 0 Å². The van der Waals surface area contributed by atoms with Gasteiger partial charge in [0.2, 0.25) is 5.91 Å². The Kier molecular flexibility index (Phi) is 4.09. The minimum absolute atomic E-state index is 0.0614. The first-order chi connectivity index (χ1) is 11.8. The van der Waals surface area contributed by atoms with Crippen molar-refractivity contribution in [1.29, 1.82) is 0 Å². The maximum absolute atomic E-state index is 12.9. The first-order valence-electron chi connectivity index (χ1n) is 7.99. The quantitative estimate of drug-likeness (QED) is 0.631. The first-order valence-corrected chi connectivity index (χ1v) is 8.87. The van der Waals surface area contributed by atoms with Crippen LogP contribution in [0.2, 0.25) is 0 Å². The van der Waals surface area contributed by atoms with E-state index in [0.29, 0.717) is 0 Å². The zero-order valence-corrected chi connectivity index (χ0v) is 13.9. The van der Waals surface area contributed by atoms with E-state index in [1.54, 1.807) is 11.8 Å². The third kappa shape index (κ3) is 2.72. The van der Waals surface area contributed by atoms with Crippen molar-refractivity contribution in [2.24, 2.45) is 0 Å². The summed E-state index contributed by atoms with van der Waals surface area (Å²) in [5.41, 5.74) is 2.13. The lowest BCUT2D eigenvalue weighted by Crippen LogP contribution is -2.57. The zero-order valence-electron chi connectivity index (χ0n) is 13.1. The number of carbonyl (C=O) groups excluding carboxylic acids is 1. The van der Waals surface area contributed by atoms with Crippen molar-refractivity contribution in [3.05, 3.63) is 96.6 Å². The van der Waals surface area contributed by atoms with Crippen LogP contribution in [0.4, 0.5) is 5.69 Å². The van der Waals surface area contributed by atoms with Gasteiger partial charge in [0.1, 0.15) is 5.25 Å². The number of amides is 1. The predicted octanol–water partition coefficient (Wildman–Crippen LogP) is 4.94. The monoisotopic (exact) mass is 331 g/mol. The Morgan fingerprint density at radius 3 is 1.88 bits per heavy atom. The second-order valence-corrected chi connectivity index (χ2v) is 6.97. The summed E-state index contributed by atoms with van der Waals surface area (Å²) in [6.07, 6.45) is 0. The number of para-hydroxylation sites is 1. The molecule has 0 aromatic heterocycles. The van der Waals surface area contributed by atoms with Crippen molar-refractivity contribution in [3.8, 4) is 0 Å². The molecule has 3 heteroatoms. The smallest absolute Gasteiger partial charge is 0.243 e. The van der Waals surface area contributed by atoms with Gasteiger partial charge in [-0.25, -0.2) is 0 Å². The van der Waals surface area contributed by atoms with Crippen molar-refractivity contribution in [2.45, 2.75) is 16.2 Å². The molecule has 0 radical (unpaired) electrons. The summed E-state index contributed by atoms with van der Waals surface area (Å²) in [6.45, 7) is 0. The van der Waals surface area contributed by atoms with Gasteiger partial charge in [-0.1, -0.05) is 66.7 Å². The molecule has 0 aliphatic carbocycles. The van der Waals surface area contributed by atoms with Gasteiger partial charge in [-0.2, -0.15) is 0 Å². The molecule has 0 bridgehead atoms. The number of thioether (sulfide) groups is 1. The number of benzene rings is 3. The predicted molar refractivity (Wildman–Crippen MR) is 99.2 cm³/mol. The number of hydrogen-bond donors (Lipinski definition) is 0. The fourth-order valence-corrected chi connectivity index (χ4v) is 4.30. The SMILES string of the molecule is O=C1[C@@H](Sc2ccccc2)[C@H](c2ccccc2)N1c1ccccc1. The highest BCUT2D eigenvalue weighted by Gasteiger charge is 2.49. The molecule has 0 N–H and O–H groups in total. The van der Waals surface area contributed by atoms with Gasteiger partial charge in [-0.3, -0.25) is 4.79 Å². The Balaban J connectivity index is 1.68. The van der Waals surface area contributed by atoms with Crippen LogP contribution in [0.5, 0.6) is 0 Å². The van der Waals surface area contributed by atoms with Crippen molar-refractivity contribution in [1.82, 2.24) is 0 Å².